The highest BCUT2D eigenvalue weighted by atomic mass is 16.5. The zero-order chi connectivity index (χ0) is 19.6. The molecule has 0 aliphatic carbocycles. The van der Waals surface area contributed by atoms with Crippen molar-refractivity contribution in [1.29, 1.82) is 0 Å². The number of hydrazone groups is 1. The summed E-state index contributed by atoms with van der Waals surface area (Å²) in [6.07, 6.45) is 1.55. The summed E-state index contributed by atoms with van der Waals surface area (Å²) in [5.74, 6) is 1.65. The molecular weight excluding hydrogens is 344 g/mol. The SMILES string of the molecule is CCOc1ccc(/C=N/NC(=O)COc2ccc(C)c(C)c2)cc1OCC. The highest BCUT2D eigenvalue weighted by Crippen LogP contribution is 2.27. The maximum atomic E-state index is 11.9. The predicted octanol–water partition coefficient (Wildman–Crippen LogP) is 3.63. The lowest BCUT2D eigenvalue weighted by Gasteiger charge is -2.11. The fraction of sp³-hybridized carbons (Fsp3) is 0.333. The first-order valence-electron chi connectivity index (χ1n) is 8.95. The van der Waals surface area contributed by atoms with Crippen molar-refractivity contribution >= 4 is 12.1 Å². The van der Waals surface area contributed by atoms with Crippen molar-refractivity contribution in [3.8, 4) is 17.2 Å². The molecular formula is C21H26N2O4. The van der Waals surface area contributed by atoms with E-state index in [1.165, 1.54) is 5.56 Å². The van der Waals surface area contributed by atoms with Gasteiger partial charge in [-0.25, -0.2) is 5.43 Å². The summed E-state index contributed by atoms with van der Waals surface area (Å²) in [4.78, 5) is 11.9. The molecule has 0 unspecified atom stereocenters. The lowest BCUT2D eigenvalue weighted by molar-refractivity contribution is -0.123. The second-order valence-corrected chi connectivity index (χ2v) is 5.90. The van der Waals surface area contributed by atoms with E-state index in [-0.39, 0.29) is 12.5 Å². The standard InChI is InChI=1S/C21H26N2O4/c1-5-25-19-10-8-17(12-20(19)26-6-2)13-22-23-21(24)14-27-18-9-7-15(3)16(4)11-18/h7-13H,5-6,14H2,1-4H3,(H,23,24)/b22-13+. The fourth-order valence-corrected chi connectivity index (χ4v) is 2.31. The van der Waals surface area contributed by atoms with Gasteiger partial charge in [0.2, 0.25) is 0 Å². The minimum atomic E-state index is -0.333. The number of aryl methyl sites for hydroxylation is 2. The van der Waals surface area contributed by atoms with Gasteiger partial charge >= 0.3 is 0 Å². The average molecular weight is 370 g/mol. The molecule has 0 aromatic heterocycles. The van der Waals surface area contributed by atoms with Crippen molar-refractivity contribution in [2.45, 2.75) is 27.7 Å². The second kappa shape index (κ2) is 10.2. The minimum absolute atomic E-state index is 0.104. The Morgan fingerprint density at radius 2 is 1.70 bits per heavy atom. The first-order chi connectivity index (χ1) is 13.0. The predicted molar refractivity (Wildman–Crippen MR) is 106 cm³/mol. The van der Waals surface area contributed by atoms with E-state index in [2.05, 4.69) is 10.5 Å². The molecule has 0 saturated carbocycles. The third-order valence-corrected chi connectivity index (χ3v) is 3.82. The van der Waals surface area contributed by atoms with Crippen molar-refractivity contribution < 1.29 is 19.0 Å². The van der Waals surface area contributed by atoms with Gasteiger partial charge in [0.25, 0.3) is 5.91 Å². The Bertz CT molecular complexity index is 803. The molecule has 0 radical (unpaired) electrons. The third kappa shape index (κ3) is 6.33. The lowest BCUT2D eigenvalue weighted by Crippen LogP contribution is -2.24. The summed E-state index contributed by atoms with van der Waals surface area (Å²) in [6, 6.07) is 11.2. The number of amides is 1. The summed E-state index contributed by atoms with van der Waals surface area (Å²) < 4.78 is 16.6. The van der Waals surface area contributed by atoms with Gasteiger partial charge in [-0.1, -0.05) is 6.07 Å². The van der Waals surface area contributed by atoms with Gasteiger partial charge in [-0.3, -0.25) is 4.79 Å². The van der Waals surface area contributed by atoms with E-state index in [1.807, 2.05) is 64.1 Å². The molecule has 0 bridgehead atoms. The molecule has 0 spiro atoms. The zero-order valence-electron chi connectivity index (χ0n) is 16.2. The van der Waals surface area contributed by atoms with E-state index in [4.69, 9.17) is 14.2 Å². The zero-order valence-corrected chi connectivity index (χ0v) is 16.2. The van der Waals surface area contributed by atoms with Gasteiger partial charge in [0, 0.05) is 0 Å². The molecule has 1 N–H and O–H groups in total. The largest absolute Gasteiger partial charge is 0.490 e. The molecule has 0 fully saturated rings. The van der Waals surface area contributed by atoms with Crippen LogP contribution in [0.4, 0.5) is 0 Å². The van der Waals surface area contributed by atoms with Crippen LogP contribution in [0.5, 0.6) is 17.2 Å². The van der Waals surface area contributed by atoms with Crippen LogP contribution in [0.15, 0.2) is 41.5 Å². The molecule has 2 aromatic rings. The Morgan fingerprint density at radius 1 is 0.963 bits per heavy atom. The summed E-state index contributed by atoms with van der Waals surface area (Å²) in [7, 11) is 0. The Hall–Kier alpha value is -3.02. The maximum Gasteiger partial charge on any atom is 0.277 e. The van der Waals surface area contributed by atoms with Crippen LogP contribution < -0.4 is 19.6 Å². The van der Waals surface area contributed by atoms with Crippen LogP contribution in [-0.4, -0.2) is 31.9 Å². The van der Waals surface area contributed by atoms with E-state index < -0.39 is 0 Å². The summed E-state index contributed by atoms with van der Waals surface area (Å²) in [5.41, 5.74) is 5.54. The first kappa shape index (κ1) is 20.3. The Labute approximate surface area is 160 Å². The first-order valence-corrected chi connectivity index (χ1v) is 8.95. The van der Waals surface area contributed by atoms with Gasteiger partial charge in [0.15, 0.2) is 18.1 Å². The van der Waals surface area contributed by atoms with E-state index in [0.717, 1.165) is 11.1 Å². The number of ether oxygens (including phenoxy) is 3. The molecule has 6 heteroatoms. The lowest BCUT2D eigenvalue weighted by atomic mass is 10.1. The van der Waals surface area contributed by atoms with E-state index in [1.54, 1.807) is 6.21 Å². The Kier molecular flexibility index (Phi) is 7.67. The number of carbonyl (C=O) groups is 1. The molecule has 1 amide bonds. The van der Waals surface area contributed by atoms with Crippen LogP contribution in [0, 0.1) is 13.8 Å². The molecule has 27 heavy (non-hydrogen) atoms. The average Bonchev–Trinajstić information content (AvgIpc) is 2.65. The molecule has 144 valence electrons. The normalized spacial score (nSPS) is 10.7. The minimum Gasteiger partial charge on any atom is -0.490 e. The van der Waals surface area contributed by atoms with E-state index >= 15 is 0 Å². The maximum absolute atomic E-state index is 11.9. The number of carbonyl (C=O) groups excluding carboxylic acids is 1. The highest BCUT2D eigenvalue weighted by molar-refractivity contribution is 5.83. The van der Waals surface area contributed by atoms with Crippen LogP contribution in [0.2, 0.25) is 0 Å². The van der Waals surface area contributed by atoms with E-state index in [0.29, 0.717) is 30.5 Å². The topological polar surface area (TPSA) is 69.2 Å². The number of benzene rings is 2. The van der Waals surface area contributed by atoms with Crippen molar-refractivity contribution in [2.24, 2.45) is 5.10 Å². The summed E-state index contributed by atoms with van der Waals surface area (Å²) in [6.45, 7) is 8.84. The Morgan fingerprint density at radius 3 is 2.41 bits per heavy atom. The van der Waals surface area contributed by atoms with Crippen LogP contribution in [0.1, 0.15) is 30.5 Å². The number of rotatable bonds is 9. The third-order valence-electron chi connectivity index (χ3n) is 3.82. The van der Waals surface area contributed by atoms with E-state index in [9.17, 15) is 4.79 Å². The molecule has 0 aliphatic heterocycles. The number of nitrogens with zero attached hydrogens (tertiary/aromatic N) is 1. The number of hydrogen-bond acceptors (Lipinski definition) is 5. The molecule has 0 saturated heterocycles. The molecule has 2 rings (SSSR count). The van der Waals surface area contributed by atoms with Gasteiger partial charge < -0.3 is 14.2 Å². The smallest absolute Gasteiger partial charge is 0.277 e. The van der Waals surface area contributed by atoms with Crippen molar-refractivity contribution in [2.75, 3.05) is 19.8 Å². The van der Waals surface area contributed by atoms with Gasteiger partial charge in [0.1, 0.15) is 5.75 Å². The summed E-state index contributed by atoms with van der Waals surface area (Å²) in [5, 5.41) is 3.96. The Balaban J connectivity index is 1.89. The molecule has 0 aliphatic rings. The van der Waals surface area contributed by atoms with Gasteiger partial charge in [-0.05, 0) is 74.7 Å². The molecule has 0 heterocycles. The molecule has 2 aromatic carbocycles. The van der Waals surface area contributed by atoms with Gasteiger partial charge in [-0.15, -0.1) is 0 Å². The molecule has 0 atom stereocenters. The van der Waals surface area contributed by atoms with Crippen molar-refractivity contribution in [1.82, 2.24) is 5.43 Å². The fourth-order valence-electron chi connectivity index (χ4n) is 2.31. The number of nitrogens with one attached hydrogen (secondary N) is 1. The summed E-state index contributed by atoms with van der Waals surface area (Å²) >= 11 is 0. The van der Waals surface area contributed by atoms with Crippen molar-refractivity contribution in [3.63, 3.8) is 0 Å². The van der Waals surface area contributed by atoms with Crippen LogP contribution in [0.25, 0.3) is 0 Å². The quantitative estimate of drug-likeness (QED) is 0.541. The highest BCUT2D eigenvalue weighted by Gasteiger charge is 2.06. The van der Waals surface area contributed by atoms with Gasteiger partial charge in [-0.2, -0.15) is 5.10 Å². The van der Waals surface area contributed by atoms with Crippen molar-refractivity contribution in [3.05, 3.63) is 53.1 Å². The van der Waals surface area contributed by atoms with Crippen LogP contribution in [0.3, 0.4) is 0 Å². The monoisotopic (exact) mass is 370 g/mol. The van der Waals surface area contributed by atoms with Gasteiger partial charge in [0.05, 0.1) is 19.4 Å². The number of hydrogen-bond donors (Lipinski definition) is 1. The van der Waals surface area contributed by atoms with Crippen LogP contribution in [-0.2, 0) is 4.79 Å². The molecule has 6 nitrogen and oxygen atoms in total. The van der Waals surface area contributed by atoms with Crippen LogP contribution >= 0.6 is 0 Å². The second-order valence-electron chi connectivity index (χ2n) is 5.90.